The molecule has 0 aliphatic carbocycles. The zero-order valence-electron chi connectivity index (χ0n) is 12.6. The number of nitrogens with one attached hydrogen (secondary N) is 1. The summed E-state index contributed by atoms with van der Waals surface area (Å²) < 4.78 is 5.22. The molecule has 3 rings (SSSR count). The van der Waals surface area contributed by atoms with Gasteiger partial charge >= 0.3 is 0 Å². The molecule has 1 unspecified atom stereocenters. The van der Waals surface area contributed by atoms with Crippen molar-refractivity contribution in [3.05, 3.63) is 48.3 Å². The lowest BCUT2D eigenvalue weighted by Gasteiger charge is -2.21. The first-order valence-corrected chi connectivity index (χ1v) is 7.41. The van der Waals surface area contributed by atoms with Gasteiger partial charge in [0.05, 0.1) is 24.9 Å². The number of nitrogens with zero attached hydrogens (tertiary/aromatic N) is 3. The summed E-state index contributed by atoms with van der Waals surface area (Å²) >= 11 is 0. The van der Waals surface area contributed by atoms with Crippen LogP contribution in [0.1, 0.15) is 10.4 Å². The number of hydrogen-bond acceptors (Lipinski definition) is 6. The summed E-state index contributed by atoms with van der Waals surface area (Å²) in [7, 11) is 0. The smallest absolute Gasteiger partial charge is 0.257 e. The number of anilines is 2. The number of aliphatic hydroxyl groups is 1. The van der Waals surface area contributed by atoms with E-state index in [1.807, 2.05) is 30.3 Å². The van der Waals surface area contributed by atoms with Gasteiger partial charge < -0.3 is 20.1 Å². The van der Waals surface area contributed by atoms with Crippen LogP contribution in [0.25, 0.3) is 0 Å². The van der Waals surface area contributed by atoms with Crippen LogP contribution < -0.4 is 5.32 Å². The highest BCUT2D eigenvalue weighted by Gasteiger charge is 2.22. The Morgan fingerprint density at radius 1 is 1.26 bits per heavy atom. The molecule has 7 nitrogen and oxygen atoms in total. The van der Waals surface area contributed by atoms with E-state index in [1.165, 1.54) is 12.4 Å². The second kappa shape index (κ2) is 7.17. The Bertz CT molecular complexity index is 648. The van der Waals surface area contributed by atoms with E-state index in [4.69, 9.17) is 4.74 Å². The molecule has 0 radical (unpaired) electrons. The quantitative estimate of drug-likeness (QED) is 0.880. The van der Waals surface area contributed by atoms with Gasteiger partial charge in [0.25, 0.3) is 5.91 Å². The number of amides is 1. The van der Waals surface area contributed by atoms with Gasteiger partial charge in [-0.05, 0) is 12.1 Å². The molecular weight excluding hydrogens is 296 g/mol. The Kier molecular flexibility index (Phi) is 4.80. The van der Waals surface area contributed by atoms with Crippen molar-refractivity contribution in [3.8, 4) is 0 Å². The molecule has 1 aliphatic heterocycles. The Morgan fingerprint density at radius 3 is 2.74 bits per heavy atom. The summed E-state index contributed by atoms with van der Waals surface area (Å²) in [6.07, 6.45) is 2.30. The lowest BCUT2D eigenvalue weighted by Crippen LogP contribution is -2.37. The molecule has 1 aliphatic rings. The lowest BCUT2D eigenvalue weighted by molar-refractivity contribution is 0.0534. The lowest BCUT2D eigenvalue weighted by atomic mass is 10.2. The van der Waals surface area contributed by atoms with Crippen LogP contribution >= 0.6 is 0 Å². The predicted molar refractivity (Wildman–Crippen MR) is 84.5 cm³/mol. The number of carbonyl (C=O) groups excluding carboxylic acids is 1. The first-order valence-electron chi connectivity index (χ1n) is 7.41. The first kappa shape index (κ1) is 15.4. The van der Waals surface area contributed by atoms with Crippen molar-refractivity contribution in [3.63, 3.8) is 0 Å². The topological polar surface area (TPSA) is 87.6 Å². The molecule has 1 aromatic carbocycles. The van der Waals surface area contributed by atoms with Crippen LogP contribution in [0.2, 0.25) is 0 Å². The third kappa shape index (κ3) is 4.02. The van der Waals surface area contributed by atoms with Gasteiger partial charge in [0.15, 0.2) is 0 Å². The maximum atomic E-state index is 12.4. The minimum Gasteiger partial charge on any atom is -0.389 e. The highest BCUT2D eigenvalue weighted by atomic mass is 16.5. The molecular formula is C16H18N4O3. The average Bonchev–Trinajstić information content (AvgIpc) is 2.80. The van der Waals surface area contributed by atoms with Crippen molar-refractivity contribution < 1.29 is 14.6 Å². The maximum absolute atomic E-state index is 12.4. The molecule has 1 atom stereocenters. The molecule has 0 saturated carbocycles. The number of aromatic nitrogens is 2. The Morgan fingerprint density at radius 2 is 2.00 bits per heavy atom. The summed E-state index contributed by atoms with van der Waals surface area (Å²) in [5, 5.41) is 12.8. The van der Waals surface area contributed by atoms with E-state index in [-0.39, 0.29) is 19.1 Å². The third-order valence-electron chi connectivity index (χ3n) is 3.46. The standard InChI is InChI=1S/C16H18N4O3/c21-14-10-20(6-7-23-11-14)15(22)12-8-17-16(18-9-12)19-13-4-2-1-3-5-13/h1-5,8-9,14,21H,6-7,10-11H2,(H,17,18,19). The molecule has 7 heteroatoms. The summed E-state index contributed by atoms with van der Waals surface area (Å²) in [4.78, 5) is 22.3. The molecule has 2 aromatic rings. The molecule has 0 spiro atoms. The number of β-amino-alcohol motifs (C(OH)–C–C–N with tert-alkyl or cyclic N) is 1. The summed E-state index contributed by atoms with van der Waals surface area (Å²) in [5.74, 6) is 0.216. The van der Waals surface area contributed by atoms with Gasteiger partial charge in [-0.3, -0.25) is 4.79 Å². The van der Waals surface area contributed by atoms with Crippen LogP contribution in [-0.4, -0.2) is 58.3 Å². The SMILES string of the molecule is O=C(c1cnc(Nc2ccccc2)nc1)N1CCOCC(O)C1. The minimum absolute atomic E-state index is 0.208. The molecule has 1 amide bonds. The van der Waals surface area contributed by atoms with Gasteiger partial charge in [-0.1, -0.05) is 18.2 Å². The zero-order chi connectivity index (χ0) is 16.1. The van der Waals surface area contributed by atoms with Gasteiger partial charge in [-0.2, -0.15) is 0 Å². The molecule has 120 valence electrons. The number of carbonyl (C=O) groups is 1. The van der Waals surface area contributed by atoms with E-state index >= 15 is 0 Å². The monoisotopic (exact) mass is 314 g/mol. The molecule has 2 N–H and O–H groups in total. The van der Waals surface area contributed by atoms with Crippen LogP contribution in [0.15, 0.2) is 42.7 Å². The van der Waals surface area contributed by atoms with Gasteiger partial charge in [-0.15, -0.1) is 0 Å². The molecule has 0 bridgehead atoms. The molecule has 1 saturated heterocycles. The van der Waals surface area contributed by atoms with Crippen molar-refractivity contribution >= 4 is 17.5 Å². The first-order chi connectivity index (χ1) is 11.2. The number of para-hydroxylation sites is 1. The fourth-order valence-electron chi connectivity index (χ4n) is 2.31. The fourth-order valence-corrected chi connectivity index (χ4v) is 2.31. The van der Waals surface area contributed by atoms with Gasteiger partial charge in [0.1, 0.15) is 0 Å². The zero-order valence-corrected chi connectivity index (χ0v) is 12.6. The molecule has 1 fully saturated rings. The number of benzene rings is 1. The van der Waals surface area contributed by atoms with E-state index in [2.05, 4.69) is 15.3 Å². The number of ether oxygens (including phenoxy) is 1. The number of hydrogen-bond donors (Lipinski definition) is 2. The largest absolute Gasteiger partial charge is 0.389 e. The summed E-state index contributed by atoms with van der Waals surface area (Å²) in [6, 6.07) is 9.55. The number of aliphatic hydroxyl groups excluding tert-OH is 1. The summed E-state index contributed by atoms with van der Waals surface area (Å²) in [5.41, 5.74) is 1.26. The van der Waals surface area contributed by atoms with Gasteiger partial charge in [0, 0.05) is 31.2 Å². The van der Waals surface area contributed by atoms with Crippen LogP contribution in [0.5, 0.6) is 0 Å². The van der Waals surface area contributed by atoms with E-state index in [0.29, 0.717) is 24.7 Å². The minimum atomic E-state index is -0.665. The Labute approximate surface area is 133 Å². The fraction of sp³-hybridized carbons (Fsp3) is 0.312. The highest BCUT2D eigenvalue weighted by Crippen LogP contribution is 2.12. The number of rotatable bonds is 3. The van der Waals surface area contributed by atoms with Crippen molar-refractivity contribution in [1.29, 1.82) is 0 Å². The predicted octanol–water partition coefficient (Wildman–Crippen LogP) is 1.05. The molecule has 23 heavy (non-hydrogen) atoms. The van der Waals surface area contributed by atoms with E-state index in [1.54, 1.807) is 4.90 Å². The third-order valence-corrected chi connectivity index (χ3v) is 3.46. The van der Waals surface area contributed by atoms with Crippen molar-refractivity contribution in [1.82, 2.24) is 14.9 Å². The van der Waals surface area contributed by atoms with Crippen molar-refractivity contribution in [2.45, 2.75) is 6.10 Å². The van der Waals surface area contributed by atoms with Crippen LogP contribution in [0, 0.1) is 0 Å². The van der Waals surface area contributed by atoms with Gasteiger partial charge in [-0.25, -0.2) is 9.97 Å². The second-order valence-electron chi connectivity index (χ2n) is 5.27. The van der Waals surface area contributed by atoms with E-state index in [9.17, 15) is 9.90 Å². The van der Waals surface area contributed by atoms with Crippen LogP contribution in [0.4, 0.5) is 11.6 Å². The highest BCUT2D eigenvalue weighted by molar-refractivity contribution is 5.93. The van der Waals surface area contributed by atoms with Gasteiger partial charge in [0.2, 0.25) is 5.95 Å². The van der Waals surface area contributed by atoms with Crippen LogP contribution in [-0.2, 0) is 4.74 Å². The van der Waals surface area contributed by atoms with Crippen molar-refractivity contribution in [2.24, 2.45) is 0 Å². The molecule has 1 aromatic heterocycles. The normalized spacial score (nSPS) is 18.3. The van der Waals surface area contributed by atoms with E-state index < -0.39 is 6.10 Å². The molecule has 2 heterocycles. The second-order valence-corrected chi connectivity index (χ2v) is 5.27. The summed E-state index contributed by atoms with van der Waals surface area (Å²) in [6.45, 7) is 1.36. The van der Waals surface area contributed by atoms with E-state index in [0.717, 1.165) is 5.69 Å². The van der Waals surface area contributed by atoms with Crippen molar-refractivity contribution in [2.75, 3.05) is 31.6 Å². The average molecular weight is 314 g/mol. The Hall–Kier alpha value is -2.51. The van der Waals surface area contributed by atoms with Crippen LogP contribution in [0.3, 0.4) is 0 Å². The Balaban J connectivity index is 1.67. The maximum Gasteiger partial charge on any atom is 0.257 e.